The molecule has 5 amide bonds. The van der Waals surface area contributed by atoms with E-state index in [0.29, 0.717) is 12.3 Å². The second-order valence-corrected chi connectivity index (χ2v) is 15.1. The van der Waals surface area contributed by atoms with Crippen LogP contribution in [0.5, 0.6) is 0 Å². The number of esters is 1. The van der Waals surface area contributed by atoms with E-state index in [-0.39, 0.29) is 37.0 Å². The molecule has 0 saturated carbocycles. The van der Waals surface area contributed by atoms with Crippen molar-refractivity contribution in [1.82, 2.24) is 26.6 Å². The molecule has 12 heteroatoms. The first-order chi connectivity index (χ1) is 24.1. The molecule has 0 aliphatic carbocycles. The van der Waals surface area contributed by atoms with Crippen LogP contribution in [-0.4, -0.2) is 72.3 Å². The molecular formula is C39H63N5O7. The van der Waals surface area contributed by atoms with Gasteiger partial charge in [0.25, 0.3) is 0 Å². The van der Waals surface area contributed by atoms with Crippen LogP contribution >= 0.6 is 0 Å². The molecule has 1 heterocycles. The van der Waals surface area contributed by atoms with Crippen molar-refractivity contribution in [3.05, 3.63) is 35.9 Å². The molecule has 1 aliphatic rings. The number of benzene rings is 1. The number of nitrogens with one attached hydrogen (secondary N) is 5. The Labute approximate surface area is 304 Å². The molecule has 0 bridgehead atoms. The number of rotatable bonds is 13. The first kappa shape index (κ1) is 43.2. The lowest BCUT2D eigenvalue weighted by molar-refractivity contribution is -0.157. The Bertz CT molecular complexity index is 1290. The topological polar surface area (TPSA) is 172 Å². The maximum Gasteiger partial charge on any atom is 0.329 e. The van der Waals surface area contributed by atoms with Crippen molar-refractivity contribution in [1.29, 1.82) is 0 Å². The summed E-state index contributed by atoms with van der Waals surface area (Å²) in [6.07, 6.45) is 5.66. The average Bonchev–Trinajstić information content (AvgIpc) is 3.06. The quantitative estimate of drug-likeness (QED) is 0.152. The van der Waals surface area contributed by atoms with Crippen LogP contribution in [0, 0.1) is 23.7 Å². The normalized spacial score (nSPS) is 24.5. The molecule has 2 rings (SSSR count). The van der Waals surface area contributed by atoms with Gasteiger partial charge < -0.3 is 31.3 Å². The molecule has 1 fully saturated rings. The first-order valence-corrected chi connectivity index (χ1v) is 18.8. The van der Waals surface area contributed by atoms with Crippen LogP contribution < -0.4 is 26.6 Å². The molecule has 7 unspecified atom stereocenters. The van der Waals surface area contributed by atoms with Gasteiger partial charge in [-0.2, -0.15) is 0 Å². The third kappa shape index (κ3) is 15.9. The molecular weight excluding hydrogens is 650 g/mol. The summed E-state index contributed by atoms with van der Waals surface area (Å²) in [5.74, 6) is -3.70. The summed E-state index contributed by atoms with van der Waals surface area (Å²) in [5.41, 5.74) is 0.781. The molecule has 7 atom stereocenters. The third-order valence-corrected chi connectivity index (χ3v) is 9.30. The van der Waals surface area contributed by atoms with Gasteiger partial charge in [-0.3, -0.25) is 24.0 Å². The van der Waals surface area contributed by atoms with Crippen LogP contribution in [-0.2, 0) is 39.9 Å². The molecule has 1 aromatic rings. The Hall–Kier alpha value is -3.96. The van der Waals surface area contributed by atoms with Gasteiger partial charge in [-0.05, 0) is 49.0 Å². The summed E-state index contributed by atoms with van der Waals surface area (Å²) in [6, 6.07) is 5.02. The van der Waals surface area contributed by atoms with Crippen molar-refractivity contribution < 1.29 is 33.5 Å². The van der Waals surface area contributed by atoms with Gasteiger partial charge in [0.15, 0.2) is 0 Å². The summed E-state index contributed by atoms with van der Waals surface area (Å²) < 4.78 is 6.07. The van der Waals surface area contributed by atoms with Crippen LogP contribution in [0.3, 0.4) is 0 Å². The molecule has 1 saturated heterocycles. The number of carbonyl (C=O) groups is 6. The lowest BCUT2D eigenvalue weighted by Crippen LogP contribution is -2.58. The molecule has 0 aromatic heterocycles. The predicted octanol–water partition coefficient (Wildman–Crippen LogP) is 3.95. The Kier molecular flexibility index (Phi) is 18.7. The van der Waals surface area contributed by atoms with Crippen molar-refractivity contribution in [2.45, 2.75) is 143 Å². The number of carbonyl (C=O) groups excluding carboxylic acids is 6. The standard InChI is InChI=1S/C39H63N5O7/c1-9-10-11-13-16-26(6)20-27(7)32-22-33(45)40-23-34(46)44-35(25(4)5)38(49)42-30(19-24(2)3)37(48)41-28(8)36(47)43-31(39(50)51-32)21-29-17-14-12-15-18-29/h12,14-15,17-18,24-28,30-32,35H,9-11,13,16,19-23H2,1-8H3,(H,40,45)(H,41,48)(H,42,49)(H,43,47)(H,44,46). The van der Waals surface area contributed by atoms with Crippen molar-refractivity contribution in [2.24, 2.45) is 23.7 Å². The van der Waals surface area contributed by atoms with E-state index in [1.807, 2.05) is 51.1 Å². The Balaban J connectivity index is 2.46. The highest BCUT2D eigenvalue weighted by Gasteiger charge is 2.34. The fourth-order valence-electron chi connectivity index (χ4n) is 6.29. The Morgan fingerprint density at radius 3 is 2.06 bits per heavy atom. The predicted molar refractivity (Wildman–Crippen MR) is 197 cm³/mol. The minimum absolute atomic E-state index is 0.0125. The van der Waals surface area contributed by atoms with E-state index in [4.69, 9.17) is 4.74 Å². The highest BCUT2D eigenvalue weighted by molar-refractivity contribution is 5.95. The van der Waals surface area contributed by atoms with Gasteiger partial charge >= 0.3 is 5.97 Å². The van der Waals surface area contributed by atoms with E-state index in [2.05, 4.69) is 40.4 Å². The first-order valence-electron chi connectivity index (χ1n) is 18.8. The molecule has 51 heavy (non-hydrogen) atoms. The second-order valence-electron chi connectivity index (χ2n) is 15.1. The SMILES string of the molecule is CCCCCCC(C)CC(C)C1CC(=O)NCC(=O)NC(C(C)C)C(=O)NC(CC(C)C)C(=O)NC(C)C(=O)NC(Cc2ccccc2)C(=O)O1. The van der Waals surface area contributed by atoms with E-state index in [1.165, 1.54) is 13.3 Å². The monoisotopic (exact) mass is 713 g/mol. The lowest BCUT2D eigenvalue weighted by atomic mass is 9.88. The summed E-state index contributed by atoms with van der Waals surface area (Å²) in [7, 11) is 0. The number of amides is 5. The van der Waals surface area contributed by atoms with Crippen molar-refractivity contribution in [3.8, 4) is 0 Å². The van der Waals surface area contributed by atoms with Crippen molar-refractivity contribution in [3.63, 3.8) is 0 Å². The van der Waals surface area contributed by atoms with E-state index < -0.39 is 72.3 Å². The number of unbranched alkanes of at least 4 members (excludes halogenated alkanes) is 3. The van der Waals surface area contributed by atoms with Crippen LogP contribution in [0.2, 0.25) is 0 Å². The molecule has 0 spiro atoms. The summed E-state index contributed by atoms with van der Waals surface area (Å²) in [6.45, 7) is 14.7. The lowest BCUT2D eigenvalue weighted by Gasteiger charge is -2.29. The van der Waals surface area contributed by atoms with Gasteiger partial charge in [0.2, 0.25) is 29.5 Å². The van der Waals surface area contributed by atoms with Gasteiger partial charge in [0, 0.05) is 6.42 Å². The summed E-state index contributed by atoms with van der Waals surface area (Å²) >= 11 is 0. The number of cyclic esters (lactones) is 1. The minimum Gasteiger partial charge on any atom is -0.460 e. The van der Waals surface area contributed by atoms with Crippen molar-refractivity contribution >= 4 is 35.5 Å². The maximum absolute atomic E-state index is 13.9. The Morgan fingerprint density at radius 1 is 0.765 bits per heavy atom. The largest absolute Gasteiger partial charge is 0.460 e. The van der Waals surface area contributed by atoms with Crippen molar-refractivity contribution in [2.75, 3.05) is 6.54 Å². The number of hydrogen-bond acceptors (Lipinski definition) is 7. The van der Waals surface area contributed by atoms with E-state index in [0.717, 1.165) is 31.2 Å². The molecule has 1 aliphatic heterocycles. The Morgan fingerprint density at radius 2 is 1.43 bits per heavy atom. The van der Waals surface area contributed by atoms with Gasteiger partial charge in [-0.15, -0.1) is 0 Å². The highest BCUT2D eigenvalue weighted by Crippen LogP contribution is 2.25. The minimum atomic E-state index is -1.12. The van der Waals surface area contributed by atoms with Gasteiger partial charge in [0.1, 0.15) is 30.3 Å². The van der Waals surface area contributed by atoms with Crippen LogP contribution in [0.4, 0.5) is 0 Å². The van der Waals surface area contributed by atoms with Gasteiger partial charge in [0.05, 0.1) is 13.0 Å². The molecule has 12 nitrogen and oxygen atoms in total. The number of hydrogen-bond donors (Lipinski definition) is 5. The van der Waals surface area contributed by atoms with Gasteiger partial charge in [-0.25, -0.2) is 4.79 Å². The van der Waals surface area contributed by atoms with E-state index in [9.17, 15) is 28.8 Å². The smallest absolute Gasteiger partial charge is 0.329 e. The average molecular weight is 714 g/mol. The number of ether oxygens (including phenoxy) is 1. The van der Waals surface area contributed by atoms with Crippen LogP contribution in [0.15, 0.2) is 30.3 Å². The highest BCUT2D eigenvalue weighted by atomic mass is 16.5. The van der Waals surface area contributed by atoms with E-state index >= 15 is 0 Å². The molecule has 5 N–H and O–H groups in total. The zero-order chi connectivity index (χ0) is 38.1. The second kappa shape index (κ2) is 22.1. The zero-order valence-corrected chi connectivity index (χ0v) is 32.0. The third-order valence-electron chi connectivity index (χ3n) is 9.30. The maximum atomic E-state index is 13.9. The molecule has 0 radical (unpaired) electrons. The fourth-order valence-corrected chi connectivity index (χ4v) is 6.29. The van der Waals surface area contributed by atoms with Gasteiger partial charge in [-0.1, -0.05) is 111 Å². The zero-order valence-electron chi connectivity index (χ0n) is 32.0. The van der Waals surface area contributed by atoms with Crippen LogP contribution in [0.1, 0.15) is 112 Å². The summed E-state index contributed by atoms with van der Waals surface area (Å²) in [5, 5.41) is 13.5. The fraction of sp³-hybridized carbons (Fsp3) is 0.692. The van der Waals surface area contributed by atoms with Crippen LogP contribution in [0.25, 0.3) is 0 Å². The van der Waals surface area contributed by atoms with E-state index in [1.54, 1.807) is 13.8 Å². The molecule has 1 aromatic carbocycles. The summed E-state index contributed by atoms with van der Waals surface area (Å²) in [4.78, 5) is 80.6. The molecule has 286 valence electrons.